The van der Waals surface area contributed by atoms with Crippen LogP contribution in [0.1, 0.15) is 11.1 Å². The van der Waals surface area contributed by atoms with Crippen molar-refractivity contribution in [3.8, 4) is 0 Å². The molecule has 0 saturated heterocycles. The smallest absolute Gasteiger partial charge is 0.319 e. The molecule has 0 radical (unpaired) electrons. The number of urea groups is 1. The van der Waals surface area contributed by atoms with Crippen molar-refractivity contribution in [1.29, 1.82) is 0 Å². The van der Waals surface area contributed by atoms with Gasteiger partial charge in [0, 0.05) is 30.8 Å². The lowest BCUT2D eigenvalue weighted by Crippen LogP contribution is -2.30. The first-order valence-corrected chi connectivity index (χ1v) is 5.90. The minimum Gasteiger partial charge on any atom is -0.380 e. The summed E-state index contributed by atoms with van der Waals surface area (Å²) >= 11 is 5.49. The first kappa shape index (κ1) is 13.8. The Morgan fingerprint density at radius 1 is 1.47 bits per heavy atom. The Bertz CT molecular complexity index is 383. The molecule has 0 heterocycles. The average Bonchev–Trinajstić information content (AvgIpc) is 2.30. The largest absolute Gasteiger partial charge is 0.380 e. The van der Waals surface area contributed by atoms with Crippen molar-refractivity contribution in [1.82, 2.24) is 5.32 Å². The SMILES string of the molecule is COCc1cc(C)ccc1NC(=O)NCCCl. The molecule has 0 fully saturated rings. The van der Waals surface area contributed by atoms with E-state index in [2.05, 4.69) is 10.6 Å². The fourth-order valence-electron chi connectivity index (χ4n) is 1.45. The number of hydrogen-bond donors (Lipinski definition) is 2. The summed E-state index contributed by atoms with van der Waals surface area (Å²) in [5, 5.41) is 5.41. The van der Waals surface area contributed by atoms with Gasteiger partial charge in [-0.2, -0.15) is 0 Å². The molecule has 2 N–H and O–H groups in total. The molecular formula is C12H17ClN2O2. The number of carbonyl (C=O) groups excluding carboxylic acids is 1. The molecule has 0 bridgehead atoms. The van der Waals surface area contributed by atoms with E-state index in [1.807, 2.05) is 25.1 Å². The molecule has 17 heavy (non-hydrogen) atoms. The van der Waals surface area contributed by atoms with Crippen LogP contribution < -0.4 is 10.6 Å². The summed E-state index contributed by atoms with van der Waals surface area (Å²) in [5.74, 6) is 0.395. The molecule has 0 aromatic heterocycles. The van der Waals surface area contributed by atoms with Gasteiger partial charge in [0.25, 0.3) is 0 Å². The van der Waals surface area contributed by atoms with Gasteiger partial charge >= 0.3 is 6.03 Å². The molecule has 0 spiro atoms. The molecule has 0 aliphatic carbocycles. The molecule has 0 unspecified atom stereocenters. The lowest BCUT2D eigenvalue weighted by molar-refractivity contribution is 0.185. The van der Waals surface area contributed by atoms with Crippen LogP contribution in [0.2, 0.25) is 0 Å². The number of ether oxygens (including phenoxy) is 1. The fraction of sp³-hybridized carbons (Fsp3) is 0.417. The van der Waals surface area contributed by atoms with Crippen LogP contribution in [-0.4, -0.2) is 25.6 Å². The van der Waals surface area contributed by atoms with Gasteiger partial charge in [0.1, 0.15) is 0 Å². The Morgan fingerprint density at radius 3 is 2.88 bits per heavy atom. The number of carbonyl (C=O) groups is 1. The Morgan fingerprint density at radius 2 is 2.24 bits per heavy atom. The highest BCUT2D eigenvalue weighted by molar-refractivity contribution is 6.18. The van der Waals surface area contributed by atoms with Crippen LogP contribution in [-0.2, 0) is 11.3 Å². The van der Waals surface area contributed by atoms with E-state index in [0.29, 0.717) is 19.0 Å². The molecular weight excluding hydrogens is 240 g/mol. The Kier molecular flexibility index (Phi) is 5.80. The number of methoxy groups -OCH3 is 1. The first-order chi connectivity index (χ1) is 8.17. The third kappa shape index (κ3) is 4.63. The molecule has 2 amide bonds. The summed E-state index contributed by atoms with van der Waals surface area (Å²) in [6.07, 6.45) is 0. The number of benzene rings is 1. The van der Waals surface area contributed by atoms with Crippen LogP contribution in [0.25, 0.3) is 0 Å². The third-order valence-corrected chi connectivity index (χ3v) is 2.38. The van der Waals surface area contributed by atoms with E-state index in [9.17, 15) is 4.79 Å². The molecule has 1 aromatic rings. The minimum absolute atomic E-state index is 0.258. The van der Waals surface area contributed by atoms with Crippen LogP contribution in [0.3, 0.4) is 0 Å². The summed E-state index contributed by atoms with van der Waals surface area (Å²) in [7, 11) is 1.62. The maximum atomic E-state index is 11.5. The number of anilines is 1. The highest BCUT2D eigenvalue weighted by Crippen LogP contribution is 2.18. The lowest BCUT2D eigenvalue weighted by Gasteiger charge is -2.12. The van der Waals surface area contributed by atoms with Gasteiger partial charge in [-0.1, -0.05) is 17.7 Å². The number of aryl methyl sites for hydroxylation is 1. The second kappa shape index (κ2) is 7.14. The van der Waals surface area contributed by atoms with Gasteiger partial charge in [-0.15, -0.1) is 11.6 Å². The standard InChI is InChI=1S/C12H17ClN2O2/c1-9-3-4-11(10(7-9)8-17-2)15-12(16)14-6-5-13/h3-4,7H,5-6,8H2,1-2H3,(H2,14,15,16). The third-order valence-electron chi connectivity index (χ3n) is 2.19. The van der Waals surface area contributed by atoms with Crippen molar-refractivity contribution >= 4 is 23.3 Å². The highest BCUT2D eigenvalue weighted by Gasteiger charge is 2.06. The van der Waals surface area contributed by atoms with Gasteiger partial charge in [-0.25, -0.2) is 4.79 Å². The second-order valence-corrected chi connectivity index (χ2v) is 4.04. The number of amides is 2. The van der Waals surface area contributed by atoms with Gasteiger partial charge < -0.3 is 15.4 Å². The summed E-state index contributed by atoms with van der Waals surface area (Å²) in [4.78, 5) is 11.5. The summed E-state index contributed by atoms with van der Waals surface area (Å²) in [5.41, 5.74) is 2.84. The van der Waals surface area contributed by atoms with Crippen LogP contribution in [0.5, 0.6) is 0 Å². The van der Waals surface area contributed by atoms with E-state index in [4.69, 9.17) is 16.3 Å². The van der Waals surface area contributed by atoms with Crippen molar-refractivity contribution in [2.45, 2.75) is 13.5 Å². The van der Waals surface area contributed by atoms with E-state index < -0.39 is 0 Å². The van der Waals surface area contributed by atoms with Gasteiger partial charge in [0.05, 0.1) is 6.61 Å². The quantitative estimate of drug-likeness (QED) is 0.796. The molecule has 0 aliphatic heterocycles. The highest BCUT2D eigenvalue weighted by atomic mass is 35.5. The van der Waals surface area contributed by atoms with E-state index in [-0.39, 0.29) is 6.03 Å². The van der Waals surface area contributed by atoms with Crippen molar-refractivity contribution < 1.29 is 9.53 Å². The van der Waals surface area contributed by atoms with Gasteiger partial charge in [-0.3, -0.25) is 0 Å². The van der Waals surface area contributed by atoms with Crippen molar-refractivity contribution in [2.24, 2.45) is 0 Å². The zero-order chi connectivity index (χ0) is 12.7. The molecule has 0 aliphatic rings. The number of alkyl halides is 1. The predicted molar refractivity (Wildman–Crippen MR) is 69.6 cm³/mol. The van der Waals surface area contributed by atoms with E-state index in [1.165, 1.54) is 0 Å². The molecule has 5 heteroatoms. The van der Waals surface area contributed by atoms with E-state index >= 15 is 0 Å². The maximum Gasteiger partial charge on any atom is 0.319 e. The van der Waals surface area contributed by atoms with Crippen LogP contribution in [0, 0.1) is 6.92 Å². The topological polar surface area (TPSA) is 50.4 Å². The second-order valence-electron chi connectivity index (χ2n) is 3.66. The number of hydrogen-bond acceptors (Lipinski definition) is 2. The molecule has 1 rings (SSSR count). The molecule has 0 atom stereocenters. The lowest BCUT2D eigenvalue weighted by atomic mass is 10.1. The molecule has 4 nitrogen and oxygen atoms in total. The number of nitrogens with one attached hydrogen (secondary N) is 2. The normalized spacial score (nSPS) is 10.1. The van der Waals surface area contributed by atoms with E-state index in [0.717, 1.165) is 16.8 Å². The summed E-state index contributed by atoms with van der Waals surface area (Å²) in [6.45, 7) is 2.90. The number of rotatable bonds is 5. The van der Waals surface area contributed by atoms with Crippen molar-refractivity contribution in [3.05, 3.63) is 29.3 Å². The Balaban J connectivity index is 2.72. The van der Waals surface area contributed by atoms with Gasteiger partial charge in [0.15, 0.2) is 0 Å². The van der Waals surface area contributed by atoms with Crippen molar-refractivity contribution in [3.63, 3.8) is 0 Å². The van der Waals surface area contributed by atoms with Crippen LogP contribution in [0.15, 0.2) is 18.2 Å². The first-order valence-electron chi connectivity index (χ1n) is 5.36. The summed E-state index contributed by atoms with van der Waals surface area (Å²) in [6, 6.07) is 5.54. The van der Waals surface area contributed by atoms with E-state index in [1.54, 1.807) is 7.11 Å². The Hall–Kier alpha value is -1.26. The average molecular weight is 257 g/mol. The molecule has 0 saturated carbocycles. The zero-order valence-corrected chi connectivity index (χ0v) is 10.8. The molecule has 1 aromatic carbocycles. The van der Waals surface area contributed by atoms with Gasteiger partial charge in [0.2, 0.25) is 0 Å². The predicted octanol–water partition coefficient (Wildman–Crippen LogP) is 2.50. The summed E-state index contributed by atoms with van der Waals surface area (Å²) < 4.78 is 5.09. The van der Waals surface area contributed by atoms with Crippen molar-refractivity contribution in [2.75, 3.05) is 24.9 Å². The monoisotopic (exact) mass is 256 g/mol. The zero-order valence-electron chi connectivity index (χ0n) is 10.0. The minimum atomic E-state index is -0.258. The Labute approximate surface area is 106 Å². The van der Waals surface area contributed by atoms with Crippen LogP contribution >= 0.6 is 11.6 Å². The fourth-order valence-corrected chi connectivity index (χ4v) is 1.54. The molecule has 94 valence electrons. The van der Waals surface area contributed by atoms with Crippen LogP contribution in [0.4, 0.5) is 10.5 Å². The van der Waals surface area contributed by atoms with Gasteiger partial charge in [-0.05, 0) is 13.0 Å². The maximum absolute atomic E-state index is 11.5. The number of halogens is 1.